The zero-order valence-corrected chi connectivity index (χ0v) is 20.9. The highest BCUT2D eigenvalue weighted by molar-refractivity contribution is 6.32. The van der Waals surface area contributed by atoms with Crippen molar-refractivity contribution in [2.24, 2.45) is 13.0 Å². The van der Waals surface area contributed by atoms with Crippen molar-refractivity contribution in [3.05, 3.63) is 39.8 Å². The van der Waals surface area contributed by atoms with Crippen LogP contribution < -0.4 is 25.8 Å². The molecule has 0 bridgehead atoms. The van der Waals surface area contributed by atoms with Gasteiger partial charge in [0.1, 0.15) is 11.1 Å². The van der Waals surface area contributed by atoms with E-state index in [9.17, 15) is 18.7 Å². The van der Waals surface area contributed by atoms with E-state index < -0.39 is 18.4 Å². The third-order valence-corrected chi connectivity index (χ3v) is 7.70. The van der Waals surface area contributed by atoms with E-state index in [4.69, 9.17) is 16.3 Å². The minimum absolute atomic E-state index is 0.00903. The highest BCUT2D eigenvalue weighted by Crippen LogP contribution is 2.41. The summed E-state index contributed by atoms with van der Waals surface area (Å²) >= 11 is 6.37. The number of halogens is 3. The van der Waals surface area contributed by atoms with E-state index in [0.29, 0.717) is 35.5 Å². The molecule has 2 atom stereocenters. The molecular weight excluding hydrogens is 506 g/mol. The standard InChI is InChI=1S/C25H27ClF2N6O3/c1-33-18-5-4-14(10-15(18)20-21(23(33)36)37-9-6-17(31-20)13-2-3-13)30-22-16(26)11-29-24(32-22)34-8-7-25(27,28)19(35)12-34/h4-5,10-11,13,17,19,31,35H,2-3,6-9,12H2,1H3,(H,29,30,32)/t17?,19-/m0/s1. The Hall–Kier alpha value is -3.18. The predicted molar refractivity (Wildman–Crippen MR) is 138 cm³/mol. The number of piperidine rings is 1. The van der Waals surface area contributed by atoms with Crippen LogP contribution in [0.1, 0.15) is 25.7 Å². The minimum atomic E-state index is -3.14. The van der Waals surface area contributed by atoms with Gasteiger partial charge in [0.15, 0.2) is 5.82 Å². The molecule has 2 aromatic heterocycles. The topological polar surface area (TPSA) is 105 Å². The molecule has 1 saturated carbocycles. The van der Waals surface area contributed by atoms with Gasteiger partial charge in [-0.05, 0) is 37.0 Å². The predicted octanol–water partition coefficient (Wildman–Crippen LogP) is 3.90. The van der Waals surface area contributed by atoms with Crippen LogP contribution in [0.4, 0.5) is 31.9 Å². The molecule has 4 heterocycles. The normalized spacial score (nSPS) is 23.1. The second-order valence-corrected chi connectivity index (χ2v) is 10.4. The first-order chi connectivity index (χ1) is 17.7. The monoisotopic (exact) mass is 532 g/mol. The van der Waals surface area contributed by atoms with Crippen molar-refractivity contribution in [1.29, 1.82) is 0 Å². The Bertz CT molecular complexity index is 1430. The average Bonchev–Trinajstić information content (AvgIpc) is 3.72. The highest BCUT2D eigenvalue weighted by Gasteiger charge is 2.43. The first-order valence-electron chi connectivity index (χ1n) is 12.4. The number of ether oxygens (including phenoxy) is 1. The Balaban J connectivity index is 1.34. The van der Waals surface area contributed by atoms with E-state index >= 15 is 0 Å². The molecule has 37 heavy (non-hydrogen) atoms. The van der Waals surface area contributed by atoms with Crippen LogP contribution in [0.5, 0.6) is 5.75 Å². The number of alkyl halides is 2. The number of fused-ring (bicyclic) bond motifs is 3. The molecule has 1 aromatic carbocycles. The maximum Gasteiger partial charge on any atom is 0.295 e. The molecule has 0 radical (unpaired) electrons. The molecule has 12 heteroatoms. The molecule has 196 valence electrons. The first-order valence-corrected chi connectivity index (χ1v) is 12.8. The number of nitrogens with one attached hydrogen (secondary N) is 2. The number of aliphatic hydroxyl groups excluding tert-OH is 1. The fourth-order valence-electron chi connectivity index (χ4n) is 5.07. The zero-order chi connectivity index (χ0) is 25.9. The summed E-state index contributed by atoms with van der Waals surface area (Å²) in [6, 6.07) is 5.81. The molecule has 1 unspecified atom stereocenters. The number of rotatable bonds is 4. The SMILES string of the molecule is Cn1c(=O)c2c(c3cc(Nc4nc(N5CCC(F)(F)[C@@H](O)C5)ncc4Cl)ccc31)NC(C1CC1)CCO2. The number of benzene rings is 1. The summed E-state index contributed by atoms with van der Waals surface area (Å²) in [6.45, 7) is 0.212. The largest absolute Gasteiger partial charge is 0.486 e. The Morgan fingerprint density at radius 2 is 2.11 bits per heavy atom. The van der Waals surface area contributed by atoms with Crippen LogP contribution >= 0.6 is 11.6 Å². The van der Waals surface area contributed by atoms with Gasteiger partial charge in [0.05, 0.1) is 30.6 Å². The van der Waals surface area contributed by atoms with Gasteiger partial charge in [0.2, 0.25) is 11.7 Å². The van der Waals surface area contributed by atoms with Gasteiger partial charge in [0, 0.05) is 43.5 Å². The van der Waals surface area contributed by atoms with Crippen LogP contribution in [0, 0.1) is 5.92 Å². The van der Waals surface area contributed by atoms with Gasteiger partial charge in [-0.3, -0.25) is 4.79 Å². The molecule has 6 rings (SSSR count). The average molecular weight is 533 g/mol. The molecule has 3 aromatic rings. The fourth-order valence-corrected chi connectivity index (χ4v) is 5.21. The van der Waals surface area contributed by atoms with Gasteiger partial charge in [-0.2, -0.15) is 4.98 Å². The number of pyridine rings is 1. The summed E-state index contributed by atoms with van der Waals surface area (Å²) in [4.78, 5) is 23.2. The quantitative estimate of drug-likeness (QED) is 0.465. The lowest BCUT2D eigenvalue weighted by atomic mass is 10.0. The van der Waals surface area contributed by atoms with Gasteiger partial charge in [-0.1, -0.05) is 11.6 Å². The second-order valence-electron chi connectivity index (χ2n) is 9.99. The Labute approximate surface area is 216 Å². The van der Waals surface area contributed by atoms with E-state index in [2.05, 4.69) is 20.6 Å². The van der Waals surface area contributed by atoms with Gasteiger partial charge in [-0.15, -0.1) is 0 Å². The van der Waals surface area contributed by atoms with Crippen LogP contribution in [0.25, 0.3) is 10.9 Å². The summed E-state index contributed by atoms with van der Waals surface area (Å²) < 4.78 is 35.0. The lowest BCUT2D eigenvalue weighted by Crippen LogP contribution is -2.51. The number of hydrogen-bond acceptors (Lipinski definition) is 8. The molecule has 1 aliphatic carbocycles. The number of β-amino-alcohol motifs (C(OH)–C–C–N with tert-alkyl or cyclic N) is 1. The maximum absolute atomic E-state index is 13.7. The van der Waals surface area contributed by atoms with E-state index in [1.807, 2.05) is 18.2 Å². The number of nitrogens with zero attached hydrogens (tertiary/aromatic N) is 4. The van der Waals surface area contributed by atoms with Crippen LogP contribution in [0.15, 0.2) is 29.2 Å². The van der Waals surface area contributed by atoms with Crippen molar-refractivity contribution in [3.63, 3.8) is 0 Å². The Kier molecular flexibility index (Phi) is 5.87. The second kappa shape index (κ2) is 8.98. The molecule has 9 nitrogen and oxygen atoms in total. The maximum atomic E-state index is 13.7. The van der Waals surface area contributed by atoms with Gasteiger partial charge in [-0.25, -0.2) is 13.8 Å². The van der Waals surface area contributed by atoms with Crippen molar-refractivity contribution in [3.8, 4) is 5.75 Å². The first kappa shape index (κ1) is 24.2. The zero-order valence-electron chi connectivity index (χ0n) is 20.2. The molecule has 0 amide bonds. The van der Waals surface area contributed by atoms with E-state index in [-0.39, 0.29) is 35.7 Å². The number of hydrogen-bond donors (Lipinski definition) is 3. The molecule has 2 fully saturated rings. The summed E-state index contributed by atoms with van der Waals surface area (Å²) in [7, 11) is 1.72. The molecule has 2 aliphatic heterocycles. The Morgan fingerprint density at radius 3 is 2.86 bits per heavy atom. The summed E-state index contributed by atoms with van der Waals surface area (Å²) in [6.07, 6.45) is 2.28. The number of aryl methyl sites for hydroxylation is 1. The smallest absolute Gasteiger partial charge is 0.295 e. The van der Waals surface area contributed by atoms with E-state index in [1.54, 1.807) is 11.6 Å². The lowest BCUT2D eigenvalue weighted by Gasteiger charge is -2.35. The van der Waals surface area contributed by atoms with Gasteiger partial charge in [0.25, 0.3) is 11.5 Å². The summed E-state index contributed by atoms with van der Waals surface area (Å²) in [5.41, 5.74) is 1.91. The third kappa shape index (κ3) is 4.44. The van der Waals surface area contributed by atoms with E-state index in [0.717, 1.165) is 17.3 Å². The number of anilines is 4. The van der Waals surface area contributed by atoms with Crippen molar-refractivity contribution in [1.82, 2.24) is 14.5 Å². The van der Waals surface area contributed by atoms with Gasteiger partial charge < -0.3 is 29.9 Å². The van der Waals surface area contributed by atoms with Crippen molar-refractivity contribution >= 4 is 45.6 Å². The van der Waals surface area contributed by atoms with Crippen LogP contribution in [0.3, 0.4) is 0 Å². The van der Waals surface area contributed by atoms with Crippen molar-refractivity contribution in [2.45, 2.75) is 43.8 Å². The molecule has 0 spiro atoms. The molecule has 3 aliphatic rings. The van der Waals surface area contributed by atoms with Crippen LogP contribution in [-0.4, -0.2) is 57.4 Å². The summed E-state index contributed by atoms with van der Waals surface area (Å²) in [5.74, 6) is -1.74. The molecule has 1 saturated heterocycles. The minimum Gasteiger partial charge on any atom is -0.486 e. The number of aliphatic hydroxyl groups is 1. The van der Waals surface area contributed by atoms with Crippen LogP contribution in [0.2, 0.25) is 5.02 Å². The van der Waals surface area contributed by atoms with Crippen LogP contribution in [-0.2, 0) is 7.05 Å². The van der Waals surface area contributed by atoms with Crippen molar-refractivity contribution in [2.75, 3.05) is 35.2 Å². The lowest BCUT2D eigenvalue weighted by molar-refractivity contribution is -0.118. The Morgan fingerprint density at radius 1 is 1.30 bits per heavy atom. The third-order valence-electron chi connectivity index (χ3n) is 7.42. The highest BCUT2D eigenvalue weighted by atomic mass is 35.5. The van der Waals surface area contributed by atoms with Gasteiger partial charge >= 0.3 is 0 Å². The summed E-state index contributed by atoms with van der Waals surface area (Å²) in [5, 5.41) is 17.7. The number of aromatic nitrogens is 3. The molecule has 3 N–H and O–H groups in total. The molecular formula is C25H27ClF2N6O3. The van der Waals surface area contributed by atoms with E-state index in [1.165, 1.54) is 23.9 Å². The van der Waals surface area contributed by atoms with Crippen molar-refractivity contribution < 1.29 is 18.6 Å². The fraction of sp³-hybridized carbons (Fsp3) is 0.480.